The highest BCUT2D eigenvalue weighted by molar-refractivity contribution is 7.99. The minimum absolute atomic E-state index is 0.0377. The standard InChI is InChI=1S/C9H14O4S/c1-2-13-9(12)8(11)6-5-14-4-3-7(6)10/h6,8,11H,2-5H2,1H3/t6-,8-/m1/s1. The molecule has 1 aliphatic heterocycles. The molecule has 0 aliphatic carbocycles. The van der Waals surface area contributed by atoms with Gasteiger partial charge in [0.15, 0.2) is 6.10 Å². The van der Waals surface area contributed by atoms with Crippen molar-refractivity contribution in [3.8, 4) is 0 Å². The summed E-state index contributed by atoms with van der Waals surface area (Å²) in [4.78, 5) is 22.5. The molecule has 0 aromatic heterocycles. The lowest BCUT2D eigenvalue weighted by Crippen LogP contribution is -2.39. The molecule has 1 heterocycles. The molecule has 0 amide bonds. The van der Waals surface area contributed by atoms with Crippen LogP contribution in [0.5, 0.6) is 0 Å². The van der Waals surface area contributed by atoms with Gasteiger partial charge in [-0.3, -0.25) is 4.79 Å². The number of carbonyl (C=O) groups excluding carboxylic acids is 2. The van der Waals surface area contributed by atoms with Crippen molar-refractivity contribution in [1.82, 2.24) is 0 Å². The quantitative estimate of drug-likeness (QED) is 0.687. The third kappa shape index (κ3) is 2.72. The van der Waals surface area contributed by atoms with Crippen molar-refractivity contribution in [3.05, 3.63) is 0 Å². The van der Waals surface area contributed by atoms with Gasteiger partial charge in [-0.1, -0.05) is 0 Å². The molecule has 0 aromatic carbocycles. The average Bonchev–Trinajstić information content (AvgIpc) is 2.18. The molecule has 1 aliphatic rings. The molecule has 2 atom stereocenters. The molecular formula is C9H14O4S. The summed E-state index contributed by atoms with van der Waals surface area (Å²) in [5.74, 6) is -0.00518. The molecule has 4 nitrogen and oxygen atoms in total. The van der Waals surface area contributed by atoms with Crippen LogP contribution >= 0.6 is 11.8 Å². The Kier molecular flexibility index (Phi) is 4.41. The number of esters is 1. The van der Waals surface area contributed by atoms with Gasteiger partial charge in [-0.05, 0) is 6.92 Å². The second kappa shape index (κ2) is 5.36. The van der Waals surface area contributed by atoms with E-state index in [1.165, 1.54) is 0 Å². The van der Waals surface area contributed by atoms with E-state index in [9.17, 15) is 14.7 Å². The predicted octanol–water partition coefficient (Wildman–Crippen LogP) is 0.233. The first-order chi connectivity index (χ1) is 6.66. The molecule has 14 heavy (non-hydrogen) atoms. The van der Waals surface area contributed by atoms with Crippen LogP contribution in [0.2, 0.25) is 0 Å². The van der Waals surface area contributed by atoms with Crippen LogP contribution in [0.1, 0.15) is 13.3 Å². The molecule has 1 saturated heterocycles. The zero-order valence-corrected chi connectivity index (χ0v) is 8.88. The van der Waals surface area contributed by atoms with Crippen molar-refractivity contribution in [1.29, 1.82) is 0 Å². The minimum atomic E-state index is -1.28. The summed E-state index contributed by atoms with van der Waals surface area (Å²) in [6, 6.07) is 0. The van der Waals surface area contributed by atoms with E-state index in [0.29, 0.717) is 12.2 Å². The van der Waals surface area contributed by atoms with Gasteiger partial charge < -0.3 is 9.84 Å². The Bertz CT molecular complexity index is 229. The van der Waals surface area contributed by atoms with Crippen LogP contribution in [0.4, 0.5) is 0 Å². The van der Waals surface area contributed by atoms with Crippen LogP contribution in [0.25, 0.3) is 0 Å². The van der Waals surface area contributed by atoms with Crippen molar-refractivity contribution in [2.75, 3.05) is 18.1 Å². The minimum Gasteiger partial charge on any atom is -0.464 e. The fraction of sp³-hybridized carbons (Fsp3) is 0.778. The van der Waals surface area contributed by atoms with Crippen molar-refractivity contribution in [3.63, 3.8) is 0 Å². The molecule has 0 spiro atoms. The zero-order chi connectivity index (χ0) is 10.6. The number of hydrogen-bond acceptors (Lipinski definition) is 5. The van der Waals surface area contributed by atoms with E-state index in [4.69, 9.17) is 0 Å². The first kappa shape index (κ1) is 11.5. The van der Waals surface area contributed by atoms with Gasteiger partial charge in [0.05, 0.1) is 12.5 Å². The molecule has 1 rings (SSSR count). The van der Waals surface area contributed by atoms with Gasteiger partial charge in [-0.15, -0.1) is 0 Å². The summed E-state index contributed by atoms with van der Waals surface area (Å²) in [5.41, 5.74) is 0. The molecular weight excluding hydrogens is 204 g/mol. The SMILES string of the molecule is CCOC(=O)[C@H](O)[C@@H]1CSCCC1=O. The van der Waals surface area contributed by atoms with E-state index < -0.39 is 18.0 Å². The maximum Gasteiger partial charge on any atom is 0.335 e. The molecule has 5 heteroatoms. The van der Waals surface area contributed by atoms with Crippen molar-refractivity contribution in [2.24, 2.45) is 5.92 Å². The Morgan fingerprint density at radius 3 is 3.07 bits per heavy atom. The lowest BCUT2D eigenvalue weighted by Gasteiger charge is -2.23. The summed E-state index contributed by atoms with van der Waals surface area (Å²) in [7, 11) is 0. The number of thioether (sulfide) groups is 1. The topological polar surface area (TPSA) is 63.6 Å². The molecule has 0 unspecified atom stereocenters. The lowest BCUT2D eigenvalue weighted by atomic mass is 9.97. The Morgan fingerprint density at radius 2 is 2.50 bits per heavy atom. The number of hydrogen-bond donors (Lipinski definition) is 1. The maximum atomic E-state index is 11.4. The largest absolute Gasteiger partial charge is 0.464 e. The highest BCUT2D eigenvalue weighted by Gasteiger charge is 2.34. The van der Waals surface area contributed by atoms with Crippen LogP contribution in [0, 0.1) is 5.92 Å². The van der Waals surface area contributed by atoms with E-state index in [1.807, 2.05) is 0 Å². The Hall–Kier alpha value is -0.550. The van der Waals surface area contributed by atoms with Gasteiger partial charge >= 0.3 is 5.97 Å². The average molecular weight is 218 g/mol. The van der Waals surface area contributed by atoms with Crippen LogP contribution < -0.4 is 0 Å². The van der Waals surface area contributed by atoms with Gasteiger partial charge in [0.2, 0.25) is 0 Å². The monoisotopic (exact) mass is 218 g/mol. The first-order valence-electron chi connectivity index (χ1n) is 4.62. The number of ketones is 1. The number of ether oxygens (including phenoxy) is 1. The second-order valence-corrected chi connectivity index (χ2v) is 4.24. The van der Waals surface area contributed by atoms with Crippen LogP contribution in [-0.2, 0) is 14.3 Å². The molecule has 0 radical (unpaired) electrons. The number of aliphatic hydroxyl groups excluding tert-OH is 1. The molecule has 1 fully saturated rings. The van der Waals surface area contributed by atoms with Gasteiger partial charge in [-0.25, -0.2) is 4.79 Å². The van der Waals surface area contributed by atoms with Crippen molar-refractivity contribution in [2.45, 2.75) is 19.4 Å². The normalized spacial score (nSPS) is 24.4. The Balaban J connectivity index is 2.53. The third-order valence-electron chi connectivity index (χ3n) is 2.11. The van der Waals surface area contributed by atoms with E-state index in [1.54, 1.807) is 18.7 Å². The maximum absolute atomic E-state index is 11.4. The number of carbonyl (C=O) groups is 2. The summed E-state index contributed by atoms with van der Waals surface area (Å²) >= 11 is 1.58. The van der Waals surface area contributed by atoms with Gasteiger partial charge in [-0.2, -0.15) is 11.8 Å². The van der Waals surface area contributed by atoms with Crippen LogP contribution in [0.15, 0.2) is 0 Å². The van der Waals surface area contributed by atoms with E-state index in [2.05, 4.69) is 4.74 Å². The van der Waals surface area contributed by atoms with E-state index >= 15 is 0 Å². The van der Waals surface area contributed by atoms with Gasteiger partial charge in [0.25, 0.3) is 0 Å². The van der Waals surface area contributed by atoms with E-state index in [-0.39, 0.29) is 12.4 Å². The number of rotatable bonds is 3. The first-order valence-corrected chi connectivity index (χ1v) is 5.77. The highest BCUT2D eigenvalue weighted by Crippen LogP contribution is 2.23. The van der Waals surface area contributed by atoms with Crippen LogP contribution in [0.3, 0.4) is 0 Å². The van der Waals surface area contributed by atoms with Gasteiger partial charge in [0, 0.05) is 17.9 Å². The number of Topliss-reactive ketones (excluding diaryl/α,β-unsaturated/α-hetero) is 1. The molecule has 1 N–H and O–H groups in total. The summed E-state index contributed by atoms with van der Waals surface area (Å²) < 4.78 is 4.65. The Morgan fingerprint density at radius 1 is 1.79 bits per heavy atom. The van der Waals surface area contributed by atoms with Gasteiger partial charge in [0.1, 0.15) is 5.78 Å². The van der Waals surface area contributed by atoms with Crippen molar-refractivity contribution >= 4 is 23.5 Å². The van der Waals surface area contributed by atoms with E-state index in [0.717, 1.165) is 5.75 Å². The summed E-state index contributed by atoms with van der Waals surface area (Å²) in [6.07, 6.45) is -0.846. The molecule has 0 saturated carbocycles. The van der Waals surface area contributed by atoms with Crippen molar-refractivity contribution < 1.29 is 19.4 Å². The zero-order valence-electron chi connectivity index (χ0n) is 8.06. The highest BCUT2D eigenvalue weighted by atomic mass is 32.2. The Labute approximate surface area is 87.0 Å². The number of aliphatic hydroxyl groups is 1. The smallest absolute Gasteiger partial charge is 0.335 e. The van der Waals surface area contributed by atoms with Crippen LogP contribution in [-0.4, -0.2) is 41.1 Å². The predicted molar refractivity (Wildman–Crippen MR) is 53.1 cm³/mol. The fourth-order valence-corrected chi connectivity index (χ4v) is 2.45. The second-order valence-electron chi connectivity index (χ2n) is 3.09. The third-order valence-corrected chi connectivity index (χ3v) is 3.20. The molecule has 0 bridgehead atoms. The summed E-state index contributed by atoms with van der Waals surface area (Å²) in [5, 5.41) is 9.54. The fourth-order valence-electron chi connectivity index (χ4n) is 1.32. The molecule has 80 valence electrons. The molecule has 0 aromatic rings. The lowest BCUT2D eigenvalue weighted by molar-refractivity contribution is -0.158. The summed E-state index contributed by atoms with van der Waals surface area (Å²) in [6.45, 7) is 1.89.